The van der Waals surface area contributed by atoms with Gasteiger partial charge >= 0.3 is 0 Å². The number of thioether (sulfide) groups is 1. The number of benzene rings is 1. The molecular formula is C13H18N2S. The average Bonchev–Trinajstić information content (AvgIpc) is 2.27. The number of hydrogen-bond acceptors (Lipinski definition) is 2. The Labute approximate surface area is 102 Å². The van der Waals surface area contributed by atoms with Gasteiger partial charge in [-0.1, -0.05) is 49.0 Å². The van der Waals surface area contributed by atoms with E-state index in [1.807, 2.05) is 17.8 Å². The Kier molecular flexibility index (Phi) is 3.88. The van der Waals surface area contributed by atoms with Crippen molar-refractivity contribution in [3.63, 3.8) is 0 Å². The topological polar surface area (TPSA) is 24.4 Å². The molecule has 0 amide bonds. The fourth-order valence-electron chi connectivity index (χ4n) is 1.87. The van der Waals surface area contributed by atoms with Crippen LogP contribution in [0.2, 0.25) is 0 Å². The second-order valence-corrected chi connectivity index (χ2v) is 5.74. The van der Waals surface area contributed by atoms with E-state index in [4.69, 9.17) is 0 Å². The van der Waals surface area contributed by atoms with E-state index in [-0.39, 0.29) is 0 Å². The molecule has 1 heterocycles. The van der Waals surface area contributed by atoms with Gasteiger partial charge in [0.15, 0.2) is 5.17 Å². The summed E-state index contributed by atoms with van der Waals surface area (Å²) in [5.74, 6) is 0. The van der Waals surface area contributed by atoms with Crippen LogP contribution >= 0.6 is 11.8 Å². The Morgan fingerprint density at radius 1 is 1.31 bits per heavy atom. The molecule has 1 saturated heterocycles. The minimum atomic E-state index is 0.547. The van der Waals surface area contributed by atoms with Crippen molar-refractivity contribution in [3.8, 4) is 0 Å². The lowest BCUT2D eigenvalue weighted by molar-refractivity contribution is 0.597. The molecule has 2 nitrogen and oxygen atoms in total. The highest BCUT2D eigenvalue weighted by Gasteiger charge is 2.19. The Balaban J connectivity index is 1.97. The Hall–Kier alpha value is -0.960. The highest BCUT2D eigenvalue weighted by molar-refractivity contribution is 8.14. The second-order valence-electron chi connectivity index (χ2n) is 4.32. The molecule has 2 unspecified atom stereocenters. The van der Waals surface area contributed by atoms with Crippen LogP contribution in [0.5, 0.6) is 0 Å². The van der Waals surface area contributed by atoms with Crippen LogP contribution in [0.25, 0.3) is 0 Å². The summed E-state index contributed by atoms with van der Waals surface area (Å²) in [7, 11) is 0. The minimum absolute atomic E-state index is 0.547. The van der Waals surface area contributed by atoms with Crippen LogP contribution in [-0.2, 0) is 6.54 Å². The van der Waals surface area contributed by atoms with Crippen LogP contribution in [-0.4, -0.2) is 16.5 Å². The van der Waals surface area contributed by atoms with Crippen molar-refractivity contribution >= 4 is 16.9 Å². The van der Waals surface area contributed by atoms with Crippen LogP contribution in [0.15, 0.2) is 35.3 Å². The van der Waals surface area contributed by atoms with E-state index in [0.717, 1.165) is 11.7 Å². The monoisotopic (exact) mass is 234 g/mol. The lowest BCUT2D eigenvalue weighted by Crippen LogP contribution is -2.38. The number of rotatable bonds is 2. The maximum absolute atomic E-state index is 4.62. The molecule has 0 aromatic heterocycles. The van der Waals surface area contributed by atoms with Crippen molar-refractivity contribution in [1.82, 2.24) is 5.32 Å². The lowest BCUT2D eigenvalue weighted by atomic mass is 10.2. The number of hydrogen-bond donors (Lipinski definition) is 1. The summed E-state index contributed by atoms with van der Waals surface area (Å²) >= 11 is 1.85. The van der Waals surface area contributed by atoms with E-state index < -0.39 is 0 Å². The van der Waals surface area contributed by atoms with Crippen molar-refractivity contribution in [2.45, 2.75) is 38.1 Å². The van der Waals surface area contributed by atoms with Crippen LogP contribution in [0.4, 0.5) is 0 Å². The van der Waals surface area contributed by atoms with Gasteiger partial charge in [0.25, 0.3) is 0 Å². The molecular weight excluding hydrogens is 216 g/mol. The number of aliphatic imine (C=N–C) groups is 1. The zero-order chi connectivity index (χ0) is 11.4. The Morgan fingerprint density at radius 2 is 2.06 bits per heavy atom. The third kappa shape index (κ3) is 3.27. The van der Waals surface area contributed by atoms with Crippen molar-refractivity contribution in [2.75, 3.05) is 0 Å². The number of nitrogens with one attached hydrogen (secondary N) is 1. The maximum Gasteiger partial charge on any atom is 0.157 e. The zero-order valence-electron chi connectivity index (χ0n) is 9.81. The summed E-state index contributed by atoms with van der Waals surface area (Å²) in [6.07, 6.45) is 1.22. The molecule has 86 valence electrons. The fourth-order valence-corrected chi connectivity index (χ4v) is 3.04. The van der Waals surface area contributed by atoms with Crippen LogP contribution in [0.3, 0.4) is 0 Å². The molecule has 0 radical (unpaired) electrons. The molecule has 1 aliphatic heterocycles. The molecule has 1 fully saturated rings. The summed E-state index contributed by atoms with van der Waals surface area (Å²) in [5.41, 5.74) is 1.27. The van der Waals surface area contributed by atoms with Crippen molar-refractivity contribution < 1.29 is 0 Å². The molecule has 0 aliphatic carbocycles. The number of amidine groups is 1. The summed E-state index contributed by atoms with van der Waals surface area (Å²) in [5, 5.41) is 5.19. The first-order valence-corrected chi connectivity index (χ1v) is 6.63. The summed E-state index contributed by atoms with van der Waals surface area (Å²) in [6, 6.07) is 10.9. The van der Waals surface area contributed by atoms with Gasteiger partial charge in [-0.3, -0.25) is 4.99 Å². The van der Waals surface area contributed by atoms with Crippen LogP contribution in [0.1, 0.15) is 25.8 Å². The van der Waals surface area contributed by atoms with Crippen molar-refractivity contribution in [2.24, 2.45) is 4.99 Å². The van der Waals surface area contributed by atoms with E-state index in [0.29, 0.717) is 11.3 Å². The van der Waals surface area contributed by atoms with Crippen molar-refractivity contribution in [1.29, 1.82) is 0 Å². The summed E-state index contributed by atoms with van der Waals surface area (Å²) in [6.45, 7) is 5.25. The highest BCUT2D eigenvalue weighted by atomic mass is 32.2. The molecule has 2 atom stereocenters. The quantitative estimate of drug-likeness (QED) is 0.850. The smallest absolute Gasteiger partial charge is 0.157 e. The van der Waals surface area contributed by atoms with Crippen molar-refractivity contribution in [3.05, 3.63) is 35.9 Å². The molecule has 2 rings (SSSR count). The van der Waals surface area contributed by atoms with E-state index >= 15 is 0 Å². The number of nitrogens with zero attached hydrogens (tertiary/aromatic N) is 1. The van der Waals surface area contributed by atoms with E-state index in [1.165, 1.54) is 12.0 Å². The fraction of sp³-hybridized carbons (Fsp3) is 0.462. The second kappa shape index (κ2) is 5.39. The van der Waals surface area contributed by atoms with Gasteiger partial charge in [-0.25, -0.2) is 0 Å². The van der Waals surface area contributed by atoms with Gasteiger partial charge in [-0.05, 0) is 18.9 Å². The normalized spacial score (nSPS) is 27.8. The van der Waals surface area contributed by atoms with Gasteiger partial charge in [0, 0.05) is 11.3 Å². The van der Waals surface area contributed by atoms with E-state index in [9.17, 15) is 0 Å². The maximum atomic E-state index is 4.62. The molecule has 16 heavy (non-hydrogen) atoms. The van der Waals surface area contributed by atoms with Gasteiger partial charge in [-0.15, -0.1) is 0 Å². The van der Waals surface area contributed by atoms with Crippen LogP contribution in [0, 0.1) is 0 Å². The van der Waals surface area contributed by atoms with E-state index in [1.54, 1.807) is 0 Å². The Bertz CT molecular complexity index is 349. The molecule has 1 aromatic carbocycles. The summed E-state index contributed by atoms with van der Waals surface area (Å²) in [4.78, 5) is 4.62. The van der Waals surface area contributed by atoms with Gasteiger partial charge in [0.2, 0.25) is 0 Å². The van der Waals surface area contributed by atoms with E-state index in [2.05, 4.69) is 48.4 Å². The molecule has 3 heteroatoms. The first-order chi connectivity index (χ1) is 7.74. The summed E-state index contributed by atoms with van der Waals surface area (Å²) < 4.78 is 0. The SMILES string of the molecule is CC1CC(C)SC(=NCc2ccccc2)N1. The molecule has 1 N–H and O–H groups in total. The van der Waals surface area contributed by atoms with Gasteiger partial charge < -0.3 is 5.32 Å². The molecule has 0 bridgehead atoms. The third-order valence-corrected chi connectivity index (χ3v) is 3.68. The average molecular weight is 234 g/mol. The molecule has 1 aliphatic rings. The Morgan fingerprint density at radius 3 is 2.75 bits per heavy atom. The molecule has 0 spiro atoms. The third-order valence-electron chi connectivity index (χ3n) is 2.62. The van der Waals surface area contributed by atoms with Gasteiger partial charge in [-0.2, -0.15) is 0 Å². The zero-order valence-corrected chi connectivity index (χ0v) is 10.6. The highest BCUT2D eigenvalue weighted by Crippen LogP contribution is 2.22. The van der Waals surface area contributed by atoms with Gasteiger partial charge in [0.1, 0.15) is 0 Å². The largest absolute Gasteiger partial charge is 0.362 e. The van der Waals surface area contributed by atoms with Gasteiger partial charge in [0.05, 0.1) is 6.54 Å². The predicted molar refractivity (Wildman–Crippen MR) is 71.8 cm³/mol. The molecule has 1 aromatic rings. The first kappa shape index (κ1) is 11.5. The first-order valence-electron chi connectivity index (χ1n) is 5.75. The lowest BCUT2D eigenvalue weighted by Gasteiger charge is -2.26. The predicted octanol–water partition coefficient (Wildman–Crippen LogP) is 3.05. The standard InChI is InChI=1S/C13H18N2S/c1-10-8-11(2)16-13(15-10)14-9-12-6-4-3-5-7-12/h3-7,10-11H,8-9H2,1-2H3,(H,14,15). The molecule has 0 saturated carbocycles. The minimum Gasteiger partial charge on any atom is -0.362 e. The van der Waals surface area contributed by atoms with Crippen LogP contribution < -0.4 is 5.32 Å².